The van der Waals surface area contributed by atoms with Crippen molar-refractivity contribution in [3.05, 3.63) is 52.6 Å². The van der Waals surface area contributed by atoms with Crippen molar-refractivity contribution in [2.45, 2.75) is 18.9 Å². The summed E-state index contributed by atoms with van der Waals surface area (Å²) in [6.45, 7) is 1.10. The predicted octanol–water partition coefficient (Wildman–Crippen LogP) is 1.76. The van der Waals surface area contributed by atoms with Crippen LogP contribution >= 0.6 is 0 Å². The minimum atomic E-state index is -0.189. The molecule has 1 N–H and O–H groups in total. The second-order valence-electron chi connectivity index (χ2n) is 6.85. The van der Waals surface area contributed by atoms with Gasteiger partial charge in [-0.25, -0.2) is 9.78 Å². The highest BCUT2D eigenvalue weighted by atomic mass is 16.5. The fraction of sp³-hybridized carbons (Fsp3) is 0.350. The number of pyridine rings is 1. The maximum atomic E-state index is 12.8. The molecule has 1 fully saturated rings. The highest BCUT2D eigenvalue weighted by Gasteiger charge is 2.29. The molecule has 28 heavy (non-hydrogen) atoms. The third-order valence-electron chi connectivity index (χ3n) is 5.12. The standard InChI is InChI=1S/C20H22N4O4/c1-27-15-8-13(9-16(11-15)28-2)10-18(25)23-7-5-14(12-23)24-19-17(22-20(24)26)4-3-6-21-19/h3-4,6,8-9,11,14H,5,7,10,12H2,1-2H3,(H,22,26). The molecule has 0 bridgehead atoms. The van der Waals surface area contributed by atoms with Crippen LogP contribution in [0.5, 0.6) is 11.5 Å². The van der Waals surface area contributed by atoms with Crippen LogP contribution in [0.25, 0.3) is 11.2 Å². The number of carbonyl (C=O) groups excluding carboxylic acids is 1. The number of fused-ring (bicyclic) bond motifs is 1. The number of amides is 1. The lowest BCUT2D eigenvalue weighted by Gasteiger charge is -2.17. The van der Waals surface area contributed by atoms with Gasteiger partial charge in [0.05, 0.1) is 32.2 Å². The smallest absolute Gasteiger partial charge is 0.327 e. The van der Waals surface area contributed by atoms with Gasteiger partial charge in [-0.05, 0) is 36.2 Å². The number of aromatic nitrogens is 3. The van der Waals surface area contributed by atoms with Gasteiger partial charge in [-0.1, -0.05) is 0 Å². The van der Waals surface area contributed by atoms with Gasteiger partial charge in [0.15, 0.2) is 5.65 Å². The zero-order valence-corrected chi connectivity index (χ0v) is 15.8. The molecule has 1 saturated heterocycles. The molecule has 0 aliphatic carbocycles. The van der Waals surface area contributed by atoms with E-state index in [1.54, 1.807) is 42.0 Å². The Balaban J connectivity index is 1.50. The molecule has 1 unspecified atom stereocenters. The summed E-state index contributed by atoms with van der Waals surface area (Å²) in [5, 5.41) is 0. The van der Waals surface area contributed by atoms with E-state index in [1.165, 1.54) is 0 Å². The number of H-pyrrole nitrogens is 1. The van der Waals surface area contributed by atoms with E-state index in [-0.39, 0.29) is 24.1 Å². The average molecular weight is 382 g/mol. The zero-order chi connectivity index (χ0) is 19.7. The van der Waals surface area contributed by atoms with Gasteiger partial charge in [0.2, 0.25) is 5.91 Å². The molecule has 0 radical (unpaired) electrons. The molecule has 0 saturated carbocycles. The van der Waals surface area contributed by atoms with Crippen LogP contribution in [0.4, 0.5) is 0 Å². The van der Waals surface area contributed by atoms with E-state index in [9.17, 15) is 9.59 Å². The molecule has 3 aromatic rings. The van der Waals surface area contributed by atoms with Crippen LogP contribution in [0.2, 0.25) is 0 Å². The van der Waals surface area contributed by atoms with Crippen molar-refractivity contribution in [1.82, 2.24) is 19.4 Å². The van der Waals surface area contributed by atoms with E-state index in [4.69, 9.17) is 9.47 Å². The lowest BCUT2D eigenvalue weighted by Crippen LogP contribution is -2.32. The number of rotatable bonds is 5. The Bertz CT molecular complexity index is 1050. The topological polar surface area (TPSA) is 89.5 Å². The predicted molar refractivity (Wildman–Crippen MR) is 104 cm³/mol. The number of hydrogen-bond donors (Lipinski definition) is 1. The highest BCUT2D eigenvalue weighted by Crippen LogP contribution is 2.26. The molecule has 3 heterocycles. The maximum absolute atomic E-state index is 12.8. The molecule has 1 aliphatic heterocycles. The fourth-order valence-corrected chi connectivity index (χ4v) is 3.73. The lowest BCUT2D eigenvalue weighted by molar-refractivity contribution is -0.129. The van der Waals surface area contributed by atoms with Gasteiger partial charge in [-0.3, -0.25) is 9.36 Å². The minimum absolute atomic E-state index is 0.0126. The van der Waals surface area contributed by atoms with Gasteiger partial charge in [-0.15, -0.1) is 0 Å². The van der Waals surface area contributed by atoms with Crippen LogP contribution < -0.4 is 15.2 Å². The molecular formula is C20H22N4O4. The third-order valence-corrected chi connectivity index (χ3v) is 5.12. The molecule has 4 rings (SSSR count). The number of nitrogens with one attached hydrogen (secondary N) is 1. The largest absolute Gasteiger partial charge is 0.497 e. The Morgan fingerprint density at radius 2 is 2.00 bits per heavy atom. The molecule has 8 nitrogen and oxygen atoms in total. The van der Waals surface area contributed by atoms with Crippen LogP contribution in [0.1, 0.15) is 18.0 Å². The van der Waals surface area contributed by atoms with Gasteiger partial charge in [-0.2, -0.15) is 0 Å². The first-order chi connectivity index (χ1) is 13.6. The van der Waals surface area contributed by atoms with Crippen LogP contribution in [0.15, 0.2) is 41.3 Å². The molecule has 0 spiro atoms. The summed E-state index contributed by atoms with van der Waals surface area (Å²) in [6, 6.07) is 8.98. The van der Waals surface area contributed by atoms with Crippen LogP contribution in [0, 0.1) is 0 Å². The Labute approximate surface area is 161 Å². The summed E-state index contributed by atoms with van der Waals surface area (Å²) < 4.78 is 12.2. The first-order valence-corrected chi connectivity index (χ1v) is 9.14. The third kappa shape index (κ3) is 3.33. The van der Waals surface area contributed by atoms with Crippen molar-refractivity contribution in [2.24, 2.45) is 0 Å². The van der Waals surface area contributed by atoms with E-state index in [2.05, 4.69) is 9.97 Å². The summed E-state index contributed by atoms with van der Waals surface area (Å²) in [7, 11) is 3.16. The molecular weight excluding hydrogens is 360 g/mol. The van der Waals surface area contributed by atoms with Gasteiger partial charge < -0.3 is 19.4 Å². The Morgan fingerprint density at radius 1 is 1.25 bits per heavy atom. The second kappa shape index (κ2) is 7.38. The maximum Gasteiger partial charge on any atom is 0.327 e. The summed E-state index contributed by atoms with van der Waals surface area (Å²) in [5.41, 5.74) is 1.98. The van der Waals surface area contributed by atoms with Gasteiger partial charge in [0.1, 0.15) is 11.5 Å². The van der Waals surface area contributed by atoms with E-state index in [0.29, 0.717) is 35.8 Å². The number of aromatic amines is 1. The van der Waals surface area contributed by atoms with Gasteiger partial charge >= 0.3 is 5.69 Å². The minimum Gasteiger partial charge on any atom is -0.497 e. The van der Waals surface area contributed by atoms with Crippen molar-refractivity contribution in [2.75, 3.05) is 27.3 Å². The summed E-state index contributed by atoms with van der Waals surface area (Å²) in [6.07, 6.45) is 2.64. The van der Waals surface area contributed by atoms with Crippen LogP contribution in [-0.4, -0.2) is 52.7 Å². The molecule has 8 heteroatoms. The monoisotopic (exact) mass is 382 g/mol. The Morgan fingerprint density at radius 3 is 2.71 bits per heavy atom. The number of nitrogens with zero attached hydrogens (tertiary/aromatic N) is 3. The van der Waals surface area contributed by atoms with E-state index in [1.807, 2.05) is 18.2 Å². The second-order valence-corrected chi connectivity index (χ2v) is 6.85. The van der Waals surface area contributed by atoms with Crippen molar-refractivity contribution in [3.63, 3.8) is 0 Å². The average Bonchev–Trinajstić information content (AvgIpc) is 3.31. The highest BCUT2D eigenvalue weighted by molar-refractivity contribution is 5.79. The number of ether oxygens (including phenoxy) is 2. The van der Waals surface area contributed by atoms with Crippen molar-refractivity contribution >= 4 is 17.1 Å². The van der Waals surface area contributed by atoms with Crippen molar-refractivity contribution in [3.8, 4) is 11.5 Å². The first-order valence-electron chi connectivity index (χ1n) is 9.14. The fourth-order valence-electron chi connectivity index (χ4n) is 3.73. The SMILES string of the molecule is COc1cc(CC(=O)N2CCC(n3c(=O)[nH]c4cccnc43)C2)cc(OC)c1. The number of hydrogen-bond acceptors (Lipinski definition) is 5. The zero-order valence-electron chi connectivity index (χ0n) is 15.8. The lowest BCUT2D eigenvalue weighted by atomic mass is 10.1. The number of likely N-dealkylation sites (tertiary alicyclic amines) is 1. The van der Waals surface area contributed by atoms with Crippen molar-refractivity contribution < 1.29 is 14.3 Å². The number of methoxy groups -OCH3 is 2. The molecule has 1 aliphatic rings. The number of imidazole rings is 1. The molecule has 2 aromatic heterocycles. The molecule has 1 amide bonds. The first kappa shape index (κ1) is 18.1. The Kier molecular flexibility index (Phi) is 4.77. The summed E-state index contributed by atoms with van der Waals surface area (Å²) in [4.78, 5) is 34.1. The number of carbonyl (C=O) groups is 1. The normalized spacial score (nSPS) is 16.5. The molecule has 146 valence electrons. The quantitative estimate of drug-likeness (QED) is 0.726. The Hall–Kier alpha value is -3.29. The van der Waals surface area contributed by atoms with Crippen LogP contribution in [0.3, 0.4) is 0 Å². The van der Waals surface area contributed by atoms with Gasteiger partial charge in [0.25, 0.3) is 0 Å². The van der Waals surface area contributed by atoms with E-state index >= 15 is 0 Å². The van der Waals surface area contributed by atoms with E-state index < -0.39 is 0 Å². The molecule has 1 aromatic carbocycles. The van der Waals surface area contributed by atoms with Crippen LogP contribution in [-0.2, 0) is 11.2 Å². The summed E-state index contributed by atoms with van der Waals surface area (Å²) in [5.74, 6) is 1.31. The van der Waals surface area contributed by atoms with Crippen molar-refractivity contribution in [1.29, 1.82) is 0 Å². The number of benzene rings is 1. The summed E-state index contributed by atoms with van der Waals surface area (Å²) >= 11 is 0. The van der Waals surface area contributed by atoms with Gasteiger partial charge in [0, 0.05) is 25.4 Å². The molecule has 1 atom stereocenters. The van der Waals surface area contributed by atoms with E-state index in [0.717, 1.165) is 12.0 Å².